The summed E-state index contributed by atoms with van der Waals surface area (Å²) in [4.78, 5) is 26.6. The van der Waals surface area contributed by atoms with E-state index in [-0.39, 0.29) is 12.1 Å². The van der Waals surface area contributed by atoms with Gasteiger partial charge in [0.15, 0.2) is 0 Å². The summed E-state index contributed by atoms with van der Waals surface area (Å²) in [7, 11) is 4.33. The number of aryl methyl sites for hydroxylation is 1. The monoisotopic (exact) mass is 619 g/mol. The molecule has 1 saturated heterocycles. The number of carbonyl (C=O) groups excluding carboxylic acids is 2. The molecule has 0 bridgehead atoms. The maximum Gasteiger partial charge on any atom is 0.416 e. The number of nitrogens with zero attached hydrogens (tertiary/aromatic N) is 1. The van der Waals surface area contributed by atoms with Gasteiger partial charge < -0.3 is 18.9 Å². The zero-order valence-electron chi connectivity index (χ0n) is 25.4. The molecule has 1 aliphatic heterocycles. The molecule has 1 fully saturated rings. The van der Waals surface area contributed by atoms with Crippen molar-refractivity contribution in [1.82, 2.24) is 4.90 Å². The molecule has 0 saturated carbocycles. The summed E-state index contributed by atoms with van der Waals surface area (Å²) in [5.74, 6) is 0.573. The van der Waals surface area contributed by atoms with Crippen molar-refractivity contribution in [3.05, 3.63) is 107 Å². The molecular weight excluding hydrogens is 587 g/mol. The normalized spacial score (nSPS) is 16.4. The first-order valence-electron chi connectivity index (χ1n) is 14.1. The molecule has 10 heteroatoms. The second kappa shape index (κ2) is 12.6. The second-order valence-corrected chi connectivity index (χ2v) is 10.8. The molecule has 1 heterocycles. The minimum Gasteiger partial charge on any atom is -0.497 e. The van der Waals surface area contributed by atoms with Crippen molar-refractivity contribution in [2.75, 3.05) is 21.3 Å². The third kappa shape index (κ3) is 6.31. The molecule has 7 nitrogen and oxygen atoms in total. The van der Waals surface area contributed by atoms with Crippen LogP contribution in [0.5, 0.6) is 11.5 Å². The van der Waals surface area contributed by atoms with Crippen molar-refractivity contribution in [3.63, 3.8) is 0 Å². The van der Waals surface area contributed by atoms with Crippen LogP contribution in [0, 0.1) is 6.92 Å². The molecule has 4 aromatic rings. The van der Waals surface area contributed by atoms with E-state index in [2.05, 4.69) is 0 Å². The SMILES string of the molecule is COC(=O)c1ccc(-c2ccc(OC)c(-c3ccc(C(F)(F)F)cc3CN3C(=O)O[C@H](c4cccc(OC)c4)[C@@H]3C)c2)c(C)c1. The smallest absolute Gasteiger partial charge is 0.416 e. The van der Waals surface area contributed by atoms with E-state index < -0.39 is 35.9 Å². The van der Waals surface area contributed by atoms with Crippen LogP contribution in [0.25, 0.3) is 22.3 Å². The van der Waals surface area contributed by atoms with Crippen LogP contribution >= 0.6 is 0 Å². The number of halogens is 3. The number of hydrogen-bond donors (Lipinski definition) is 0. The molecule has 1 amide bonds. The Balaban J connectivity index is 1.58. The molecule has 0 N–H and O–H groups in total. The first-order chi connectivity index (χ1) is 21.4. The van der Waals surface area contributed by atoms with Crippen LogP contribution in [0.15, 0.2) is 78.9 Å². The fraction of sp³-hybridized carbons (Fsp3) is 0.257. The molecule has 45 heavy (non-hydrogen) atoms. The number of benzene rings is 4. The van der Waals surface area contributed by atoms with Gasteiger partial charge in [0.25, 0.3) is 0 Å². The lowest BCUT2D eigenvalue weighted by Crippen LogP contribution is -2.31. The molecule has 0 spiro atoms. The lowest BCUT2D eigenvalue weighted by Gasteiger charge is -2.24. The first-order valence-corrected chi connectivity index (χ1v) is 14.1. The van der Waals surface area contributed by atoms with Crippen molar-refractivity contribution in [2.45, 2.75) is 38.7 Å². The van der Waals surface area contributed by atoms with Gasteiger partial charge in [-0.25, -0.2) is 9.59 Å². The summed E-state index contributed by atoms with van der Waals surface area (Å²) in [5.41, 5.74) is 3.94. The number of hydrogen-bond acceptors (Lipinski definition) is 6. The number of carbonyl (C=O) groups is 2. The van der Waals surface area contributed by atoms with Crippen LogP contribution < -0.4 is 9.47 Å². The molecule has 0 aliphatic carbocycles. The Kier molecular flexibility index (Phi) is 8.77. The summed E-state index contributed by atoms with van der Waals surface area (Å²) in [6.45, 7) is 3.51. The van der Waals surface area contributed by atoms with Crippen molar-refractivity contribution in [2.24, 2.45) is 0 Å². The summed E-state index contributed by atoms with van der Waals surface area (Å²) in [6.07, 6.45) is -5.88. The van der Waals surface area contributed by atoms with Gasteiger partial charge in [-0.1, -0.05) is 30.3 Å². The summed E-state index contributed by atoms with van der Waals surface area (Å²) in [5, 5.41) is 0. The topological polar surface area (TPSA) is 74.3 Å². The molecular formula is C35H32F3NO6. The molecule has 2 atom stereocenters. The second-order valence-electron chi connectivity index (χ2n) is 10.8. The minimum atomic E-state index is -4.60. The van der Waals surface area contributed by atoms with Crippen LogP contribution in [-0.4, -0.2) is 44.3 Å². The van der Waals surface area contributed by atoms with E-state index in [1.54, 1.807) is 49.4 Å². The fourth-order valence-electron chi connectivity index (χ4n) is 5.64. The Hall–Kier alpha value is -4.99. The van der Waals surface area contributed by atoms with Gasteiger partial charge in [-0.3, -0.25) is 4.90 Å². The summed E-state index contributed by atoms with van der Waals surface area (Å²) < 4.78 is 63.3. The van der Waals surface area contributed by atoms with Crippen LogP contribution in [0.3, 0.4) is 0 Å². The third-order valence-electron chi connectivity index (χ3n) is 8.04. The van der Waals surface area contributed by atoms with Crippen LogP contribution in [0.4, 0.5) is 18.0 Å². The standard InChI is InChI=1S/C35H32F3NO6/c1-20-15-24(33(40)44-5)9-12-28(20)22-10-14-31(43-4)30(18-22)29-13-11-26(35(36,37)38)16-25(29)19-39-21(2)32(45-34(39)41)23-7-6-8-27(17-23)42-3/h6-18,21,32H,19H2,1-5H3/t21-,32-/m0/s1. The number of ether oxygens (including phenoxy) is 4. The lowest BCUT2D eigenvalue weighted by atomic mass is 9.91. The number of esters is 1. The molecule has 0 unspecified atom stereocenters. The van der Waals surface area contributed by atoms with Crippen LogP contribution in [-0.2, 0) is 22.2 Å². The number of amides is 1. The van der Waals surface area contributed by atoms with E-state index in [4.69, 9.17) is 18.9 Å². The minimum absolute atomic E-state index is 0.139. The molecule has 5 rings (SSSR count). The van der Waals surface area contributed by atoms with Crippen molar-refractivity contribution < 1.29 is 41.7 Å². The Labute approximate surface area is 259 Å². The van der Waals surface area contributed by atoms with Gasteiger partial charge in [0.2, 0.25) is 0 Å². The molecule has 234 valence electrons. The largest absolute Gasteiger partial charge is 0.497 e. The van der Waals surface area contributed by atoms with Gasteiger partial charge in [-0.2, -0.15) is 13.2 Å². The van der Waals surface area contributed by atoms with Crippen molar-refractivity contribution in [1.29, 1.82) is 0 Å². The number of rotatable bonds is 8. The number of methoxy groups -OCH3 is 3. The van der Waals surface area contributed by atoms with E-state index in [1.165, 1.54) is 32.3 Å². The Morgan fingerprint density at radius 3 is 2.31 bits per heavy atom. The quantitative estimate of drug-likeness (QED) is 0.185. The molecule has 1 aliphatic rings. The van der Waals surface area contributed by atoms with Gasteiger partial charge in [0.05, 0.1) is 45.0 Å². The van der Waals surface area contributed by atoms with Gasteiger partial charge in [0, 0.05) is 5.56 Å². The highest BCUT2D eigenvalue weighted by Gasteiger charge is 2.40. The summed E-state index contributed by atoms with van der Waals surface area (Å²) >= 11 is 0. The maximum atomic E-state index is 13.9. The Morgan fingerprint density at radius 2 is 1.64 bits per heavy atom. The summed E-state index contributed by atoms with van der Waals surface area (Å²) in [6, 6.07) is 20.7. The fourth-order valence-corrected chi connectivity index (χ4v) is 5.64. The van der Waals surface area contributed by atoms with Gasteiger partial charge >= 0.3 is 18.2 Å². The van der Waals surface area contributed by atoms with Crippen molar-refractivity contribution in [3.8, 4) is 33.8 Å². The van der Waals surface area contributed by atoms with E-state index in [0.29, 0.717) is 33.8 Å². The van der Waals surface area contributed by atoms with E-state index in [9.17, 15) is 22.8 Å². The Bertz CT molecular complexity index is 1750. The predicted molar refractivity (Wildman–Crippen MR) is 162 cm³/mol. The Morgan fingerprint density at radius 1 is 0.889 bits per heavy atom. The average Bonchev–Trinajstić information content (AvgIpc) is 3.32. The van der Waals surface area contributed by atoms with E-state index in [1.807, 2.05) is 25.1 Å². The van der Waals surface area contributed by atoms with Crippen molar-refractivity contribution >= 4 is 12.1 Å². The van der Waals surface area contributed by atoms with E-state index >= 15 is 0 Å². The zero-order chi connectivity index (χ0) is 32.5. The van der Waals surface area contributed by atoms with Crippen LogP contribution in [0.1, 0.15) is 45.6 Å². The average molecular weight is 620 g/mol. The highest BCUT2D eigenvalue weighted by Crippen LogP contribution is 2.42. The first kappa shape index (κ1) is 31.4. The third-order valence-corrected chi connectivity index (χ3v) is 8.04. The molecule has 0 radical (unpaired) electrons. The predicted octanol–water partition coefficient (Wildman–Crippen LogP) is 8.23. The molecule has 4 aromatic carbocycles. The maximum absolute atomic E-state index is 13.9. The van der Waals surface area contributed by atoms with Gasteiger partial charge in [-0.15, -0.1) is 0 Å². The molecule has 0 aromatic heterocycles. The lowest BCUT2D eigenvalue weighted by molar-refractivity contribution is -0.137. The number of cyclic esters (lactones) is 1. The highest BCUT2D eigenvalue weighted by atomic mass is 19.4. The van der Waals surface area contributed by atoms with Gasteiger partial charge in [0.1, 0.15) is 17.6 Å². The number of alkyl halides is 3. The van der Waals surface area contributed by atoms with Gasteiger partial charge in [-0.05, 0) is 95.8 Å². The zero-order valence-corrected chi connectivity index (χ0v) is 25.4. The van der Waals surface area contributed by atoms with Crippen LogP contribution in [0.2, 0.25) is 0 Å². The van der Waals surface area contributed by atoms with E-state index in [0.717, 1.165) is 28.8 Å². The highest BCUT2D eigenvalue weighted by molar-refractivity contribution is 5.91.